The number of rotatable bonds is 3. The molecular weight excluding hydrogens is 342 g/mol. The number of carbonyl (C=O) groups is 2. The fourth-order valence-corrected chi connectivity index (χ4v) is 3.84. The van der Waals surface area contributed by atoms with E-state index in [9.17, 15) is 19.2 Å². The van der Waals surface area contributed by atoms with Crippen molar-refractivity contribution in [3.05, 3.63) is 55.0 Å². The van der Waals surface area contributed by atoms with Gasteiger partial charge in [-0.3, -0.25) is 23.5 Å². The maximum Gasteiger partial charge on any atom is 0.331 e. The topological polar surface area (TPSA) is 81.4 Å². The first-order valence-corrected chi connectivity index (χ1v) is 8.92. The van der Waals surface area contributed by atoms with Gasteiger partial charge in [0.2, 0.25) is 0 Å². The van der Waals surface area contributed by atoms with Gasteiger partial charge in [-0.2, -0.15) is 0 Å². The molecule has 3 rings (SSSR count). The summed E-state index contributed by atoms with van der Waals surface area (Å²) < 4.78 is 2.13. The third-order valence-electron chi connectivity index (χ3n) is 4.59. The van der Waals surface area contributed by atoms with Crippen molar-refractivity contribution in [3.63, 3.8) is 0 Å². The summed E-state index contributed by atoms with van der Waals surface area (Å²) in [5, 5.41) is 1.86. The molecule has 1 atom stereocenters. The molecule has 0 radical (unpaired) electrons. The van der Waals surface area contributed by atoms with Gasteiger partial charge in [0.1, 0.15) is 5.69 Å². The third-order valence-corrected chi connectivity index (χ3v) is 5.47. The first kappa shape index (κ1) is 17.3. The smallest absolute Gasteiger partial charge is 0.331 e. The van der Waals surface area contributed by atoms with Crippen molar-refractivity contribution in [2.75, 3.05) is 13.1 Å². The van der Waals surface area contributed by atoms with Crippen molar-refractivity contribution in [2.45, 2.75) is 12.8 Å². The summed E-state index contributed by atoms with van der Waals surface area (Å²) in [6, 6.07) is 4.80. The Morgan fingerprint density at radius 2 is 1.96 bits per heavy atom. The van der Waals surface area contributed by atoms with Crippen LogP contribution in [0.3, 0.4) is 0 Å². The van der Waals surface area contributed by atoms with Gasteiger partial charge in [-0.05, 0) is 24.3 Å². The highest BCUT2D eigenvalue weighted by molar-refractivity contribution is 7.12. The molecule has 132 valence electrons. The van der Waals surface area contributed by atoms with E-state index < -0.39 is 11.2 Å². The predicted octanol–water partition coefficient (Wildman–Crippen LogP) is 0.881. The molecule has 0 N–H and O–H groups in total. The van der Waals surface area contributed by atoms with Crippen LogP contribution < -0.4 is 11.2 Å². The van der Waals surface area contributed by atoms with Gasteiger partial charge in [0.05, 0.1) is 4.88 Å². The lowest BCUT2D eigenvalue weighted by molar-refractivity contribution is 0.0628. The van der Waals surface area contributed by atoms with Crippen LogP contribution in [0.4, 0.5) is 0 Å². The number of hydrogen-bond acceptors (Lipinski definition) is 5. The molecule has 1 aliphatic heterocycles. The zero-order chi connectivity index (χ0) is 18.1. The van der Waals surface area contributed by atoms with E-state index in [2.05, 4.69) is 0 Å². The van der Waals surface area contributed by atoms with Crippen molar-refractivity contribution in [3.8, 4) is 0 Å². The van der Waals surface area contributed by atoms with E-state index in [0.717, 1.165) is 11.0 Å². The zero-order valence-electron chi connectivity index (χ0n) is 14.1. The molecule has 1 aliphatic rings. The minimum absolute atomic E-state index is 0.0466. The molecule has 7 nitrogen and oxygen atoms in total. The van der Waals surface area contributed by atoms with E-state index in [1.165, 1.54) is 36.1 Å². The largest absolute Gasteiger partial charge is 0.337 e. The highest BCUT2D eigenvalue weighted by atomic mass is 32.1. The molecule has 1 saturated heterocycles. The van der Waals surface area contributed by atoms with Crippen molar-refractivity contribution in [1.29, 1.82) is 0 Å². The van der Waals surface area contributed by atoms with Crippen LogP contribution in [0.15, 0.2) is 33.2 Å². The van der Waals surface area contributed by atoms with Crippen molar-refractivity contribution in [2.24, 2.45) is 20.0 Å². The number of thiophene rings is 1. The number of hydrogen-bond donors (Lipinski definition) is 0. The summed E-state index contributed by atoms with van der Waals surface area (Å²) in [4.78, 5) is 51.5. The molecule has 0 aliphatic carbocycles. The minimum Gasteiger partial charge on any atom is -0.337 e. The van der Waals surface area contributed by atoms with Gasteiger partial charge in [-0.25, -0.2) is 4.79 Å². The second-order valence-electron chi connectivity index (χ2n) is 6.20. The Balaban J connectivity index is 1.85. The number of likely N-dealkylation sites (tertiary alicyclic amines) is 1. The molecule has 2 aromatic heterocycles. The normalized spacial score (nSPS) is 17.5. The van der Waals surface area contributed by atoms with Gasteiger partial charge in [0, 0.05) is 39.2 Å². The van der Waals surface area contributed by atoms with E-state index in [4.69, 9.17) is 0 Å². The van der Waals surface area contributed by atoms with E-state index in [1.807, 2.05) is 11.4 Å². The van der Waals surface area contributed by atoms with Gasteiger partial charge >= 0.3 is 5.69 Å². The molecule has 1 amide bonds. The lowest BCUT2D eigenvalue weighted by Gasteiger charge is -2.32. The Kier molecular flexibility index (Phi) is 4.71. The number of Topliss-reactive ketones (excluding diaryl/α,β-unsaturated/α-hetero) is 1. The van der Waals surface area contributed by atoms with Crippen molar-refractivity contribution >= 4 is 23.0 Å². The van der Waals surface area contributed by atoms with E-state index in [-0.39, 0.29) is 23.3 Å². The van der Waals surface area contributed by atoms with Crippen LogP contribution in [0.5, 0.6) is 0 Å². The maximum atomic E-state index is 12.8. The Hall–Kier alpha value is -2.48. The fraction of sp³-hybridized carbons (Fsp3) is 0.412. The van der Waals surface area contributed by atoms with Crippen LogP contribution in [-0.4, -0.2) is 38.8 Å². The van der Waals surface area contributed by atoms with Crippen LogP contribution in [0, 0.1) is 5.92 Å². The van der Waals surface area contributed by atoms with Gasteiger partial charge in [0.15, 0.2) is 5.78 Å². The zero-order valence-corrected chi connectivity index (χ0v) is 14.9. The van der Waals surface area contributed by atoms with Crippen LogP contribution in [-0.2, 0) is 14.1 Å². The van der Waals surface area contributed by atoms with Crippen molar-refractivity contribution in [1.82, 2.24) is 14.0 Å². The molecular formula is C17H19N3O4S. The van der Waals surface area contributed by atoms with Crippen LogP contribution in [0.2, 0.25) is 0 Å². The Morgan fingerprint density at radius 1 is 1.20 bits per heavy atom. The first-order chi connectivity index (χ1) is 11.9. The van der Waals surface area contributed by atoms with Gasteiger partial charge < -0.3 is 4.90 Å². The van der Waals surface area contributed by atoms with Crippen LogP contribution in [0.25, 0.3) is 0 Å². The van der Waals surface area contributed by atoms with E-state index >= 15 is 0 Å². The number of amides is 1. The summed E-state index contributed by atoms with van der Waals surface area (Å²) in [6.07, 6.45) is 1.45. The van der Waals surface area contributed by atoms with Crippen molar-refractivity contribution < 1.29 is 9.59 Å². The van der Waals surface area contributed by atoms with Gasteiger partial charge in [-0.15, -0.1) is 11.3 Å². The Morgan fingerprint density at radius 3 is 2.64 bits per heavy atom. The molecule has 0 spiro atoms. The van der Waals surface area contributed by atoms with E-state index in [0.29, 0.717) is 24.4 Å². The maximum absolute atomic E-state index is 12.8. The number of carbonyl (C=O) groups excluding carboxylic acids is 2. The molecule has 0 aromatic carbocycles. The third kappa shape index (κ3) is 3.21. The minimum atomic E-state index is -0.543. The van der Waals surface area contributed by atoms with Gasteiger partial charge in [0.25, 0.3) is 11.5 Å². The molecule has 0 saturated carbocycles. The number of aromatic nitrogens is 2. The number of ketones is 1. The molecule has 3 heterocycles. The Bertz CT molecular complexity index is 926. The van der Waals surface area contributed by atoms with Gasteiger partial charge in [-0.1, -0.05) is 6.07 Å². The second kappa shape index (κ2) is 6.79. The molecule has 1 fully saturated rings. The molecule has 8 heteroatoms. The molecule has 0 bridgehead atoms. The lowest BCUT2D eigenvalue weighted by Crippen LogP contribution is -2.46. The second-order valence-corrected chi connectivity index (χ2v) is 7.15. The molecule has 25 heavy (non-hydrogen) atoms. The summed E-state index contributed by atoms with van der Waals surface area (Å²) in [7, 11) is 2.84. The summed E-state index contributed by atoms with van der Waals surface area (Å²) in [5.41, 5.74) is -1.01. The molecule has 2 aromatic rings. The average molecular weight is 361 g/mol. The number of piperidine rings is 1. The molecule has 1 unspecified atom stereocenters. The SMILES string of the molecule is Cn1c(C(=O)N2CCCC(C(=O)c3cccs3)C2)cc(=O)n(C)c1=O. The highest BCUT2D eigenvalue weighted by Crippen LogP contribution is 2.24. The predicted molar refractivity (Wildman–Crippen MR) is 94.2 cm³/mol. The lowest BCUT2D eigenvalue weighted by atomic mass is 9.93. The van der Waals surface area contributed by atoms with Crippen LogP contribution in [0.1, 0.15) is 33.0 Å². The summed E-state index contributed by atoms with van der Waals surface area (Å²) in [6.45, 7) is 0.815. The quantitative estimate of drug-likeness (QED) is 0.760. The van der Waals surface area contributed by atoms with E-state index in [1.54, 1.807) is 11.0 Å². The summed E-state index contributed by atoms with van der Waals surface area (Å²) in [5.74, 6) is -0.591. The number of nitrogens with zero attached hydrogens (tertiary/aromatic N) is 3. The standard InChI is InChI=1S/C17H19N3O4S/c1-18-12(9-14(21)19(2)17(18)24)16(23)20-7-3-5-11(10-20)15(22)13-6-4-8-25-13/h4,6,8-9,11H,3,5,7,10H2,1-2H3. The average Bonchev–Trinajstić information content (AvgIpc) is 3.16. The Labute approximate surface area is 148 Å². The fourth-order valence-electron chi connectivity index (χ4n) is 3.10. The highest BCUT2D eigenvalue weighted by Gasteiger charge is 2.31. The first-order valence-electron chi connectivity index (χ1n) is 8.04. The summed E-state index contributed by atoms with van der Waals surface area (Å²) >= 11 is 1.40. The monoisotopic (exact) mass is 361 g/mol. The van der Waals surface area contributed by atoms with Crippen LogP contribution >= 0.6 is 11.3 Å².